The van der Waals surface area contributed by atoms with Crippen molar-refractivity contribution in [3.05, 3.63) is 96.1 Å². The average Bonchev–Trinajstić information content (AvgIpc) is 2.79. The van der Waals surface area contributed by atoms with E-state index in [1.807, 2.05) is 32.0 Å². The van der Waals surface area contributed by atoms with Crippen molar-refractivity contribution in [2.24, 2.45) is 0 Å². The molecule has 0 bridgehead atoms. The van der Waals surface area contributed by atoms with Crippen molar-refractivity contribution in [1.82, 2.24) is 0 Å². The maximum absolute atomic E-state index is 5.57. The normalized spacial score (nSPS) is 10.3. The van der Waals surface area contributed by atoms with Crippen molar-refractivity contribution in [3.63, 3.8) is 0 Å². The van der Waals surface area contributed by atoms with Crippen LogP contribution >= 0.6 is 0 Å². The lowest BCUT2D eigenvalue weighted by molar-refractivity contribution is 0.340. The van der Waals surface area contributed by atoms with Crippen LogP contribution in [0.25, 0.3) is 21.9 Å². The van der Waals surface area contributed by atoms with Gasteiger partial charge in [0, 0.05) is 11.1 Å². The Bertz CT molecular complexity index is 1190. The Morgan fingerprint density at radius 1 is 0.533 bits per heavy atom. The van der Waals surface area contributed by atoms with Gasteiger partial charge in [-0.2, -0.15) is 0 Å². The Labute approximate surface area is 178 Å². The monoisotopic (exact) mass is 392 g/mol. The molecule has 4 rings (SSSR count). The summed E-state index contributed by atoms with van der Waals surface area (Å²) in [6, 6.07) is 28.9. The van der Waals surface area contributed by atoms with Gasteiger partial charge in [-0.25, -0.2) is 0 Å². The fourth-order valence-corrected chi connectivity index (χ4v) is 3.36. The van der Waals surface area contributed by atoms with Crippen LogP contribution in [0.2, 0.25) is 0 Å². The van der Waals surface area contributed by atoms with Gasteiger partial charge in [0.05, 0.1) is 13.2 Å². The summed E-state index contributed by atoms with van der Waals surface area (Å²) in [6.07, 6.45) is 0. The summed E-state index contributed by atoms with van der Waals surface area (Å²) < 4.78 is 11.1. The Morgan fingerprint density at radius 2 is 1.03 bits per heavy atom. The Hall–Kier alpha value is -3.70. The lowest BCUT2D eigenvalue weighted by atomic mass is 10.0. The second-order valence-electron chi connectivity index (χ2n) is 6.94. The lowest BCUT2D eigenvalue weighted by Crippen LogP contribution is -1.90. The molecule has 0 aliphatic heterocycles. The average molecular weight is 392 g/mol. The van der Waals surface area contributed by atoms with E-state index in [-0.39, 0.29) is 0 Å². The lowest BCUT2D eigenvalue weighted by Gasteiger charge is -2.05. The molecule has 0 saturated carbocycles. The number of benzene rings is 4. The highest BCUT2D eigenvalue weighted by Gasteiger charge is 2.00. The van der Waals surface area contributed by atoms with E-state index in [0.717, 1.165) is 33.4 Å². The molecule has 0 radical (unpaired) electrons. The highest BCUT2D eigenvalue weighted by molar-refractivity contribution is 5.85. The molecule has 4 aromatic carbocycles. The Kier molecular flexibility index (Phi) is 6.01. The smallest absolute Gasteiger partial charge is 0.119 e. The van der Waals surface area contributed by atoms with E-state index >= 15 is 0 Å². The van der Waals surface area contributed by atoms with Crippen LogP contribution in [0.4, 0.5) is 0 Å². The van der Waals surface area contributed by atoms with Gasteiger partial charge in [-0.1, -0.05) is 48.2 Å². The third-order valence-electron chi connectivity index (χ3n) is 4.86. The van der Waals surface area contributed by atoms with Crippen molar-refractivity contribution in [2.75, 3.05) is 13.2 Å². The second kappa shape index (κ2) is 9.20. The van der Waals surface area contributed by atoms with Crippen LogP contribution in [0.5, 0.6) is 11.5 Å². The molecule has 148 valence electrons. The summed E-state index contributed by atoms with van der Waals surface area (Å²) in [4.78, 5) is 0. The van der Waals surface area contributed by atoms with Gasteiger partial charge in [-0.05, 0) is 84.3 Å². The third-order valence-corrected chi connectivity index (χ3v) is 4.86. The molecule has 2 heteroatoms. The number of hydrogen-bond acceptors (Lipinski definition) is 2. The number of ether oxygens (including phenoxy) is 2. The van der Waals surface area contributed by atoms with E-state index in [1.54, 1.807) is 0 Å². The van der Waals surface area contributed by atoms with Crippen LogP contribution in [0.3, 0.4) is 0 Å². The summed E-state index contributed by atoms with van der Waals surface area (Å²) in [5, 5.41) is 2.32. The van der Waals surface area contributed by atoms with Crippen LogP contribution in [0.1, 0.15) is 25.0 Å². The van der Waals surface area contributed by atoms with Gasteiger partial charge in [-0.3, -0.25) is 0 Å². The molecule has 0 atom stereocenters. The molecule has 0 fully saturated rings. The minimum absolute atomic E-state index is 0.673. The van der Waals surface area contributed by atoms with Gasteiger partial charge in [0.15, 0.2) is 0 Å². The molecule has 0 saturated heterocycles. The topological polar surface area (TPSA) is 18.5 Å². The first-order valence-corrected chi connectivity index (χ1v) is 10.3. The van der Waals surface area contributed by atoms with E-state index in [9.17, 15) is 0 Å². The highest BCUT2D eigenvalue weighted by atomic mass is 16.5. The fourth-order valence-electron chi connectivity index (χ4n) is 3.36. The Balaban J connectivity index is 1.50. The fraction of sp³-hybridized carbons (Fsp3) is 0.143. The van der Waals surface area contributed by atoms with Gasteiger partial charge in [0.1, 0.15) is 11.5 Å². The third kappa shape index (κ3) is 4.64. The first-order valence-electron chi connectivity index (χ1n) is 10.3. The molecule has 0 N–H and O–H groups in total. The summed E-state index contributed by atoms with van der Waals surface area (Å²) >= 11 is 0. The van der Waals surface area contributed by atoms with Crippen molar-refractivity contribution in [2.45, 2.75) is 13.8 Å². The maximum Gasteiger partial charge on any atom is 0.119 e. The second-order valence-corrected chi connectivity index (χ2v) is 6.94. The summed E-state index contributed by atoms with van der Waals surface area (Å²) in [7, 11) is 0. The van der Waals surface area contributed by atoms with Gasteiger partial charge < -0.3 is 9.47 Å². The molecular weight excluding hydrogens is 368 g/mol. The SMILES string of the molecule is CCOc1ccc(-c2ccc(C#Cc3ccc4cc(OCC)ccc4c3)cc2)cc1. The highest BCUT2D eigenvalue weighted by Crippen LogP contribution is 2.24. The van der Waals surface area contributed by atoms with Gasteiger partial charge >= 0.3 is 0 Å². The van der Waals surface area contributed by atoms with E-state index < -0.39 is 0 Å². The first-order chi connectivity index (χ1) is 14.7. The van der Waals surface area contributed by atoms with Crippen LogP contribution in [0, 0.1) is 11.8 Å². The quantitative estimate of drug-likeness (QED) is 0.352. The van der Waals surface area contributed by atoms with Crippen molar-refractivity contribution in [3.8, 4) is 34.5 Å². The van der Waals surface area contributed by atoms with Crippen molar-refractivity contribution < 1.29 is 9.47 Å². The van der Waals surface area contributed by atoms with Gasteiger partial charge in [0.2, 0.25) is 0 Å². The largest absolute Gasteiger partial charge is 0.494 e. The number of rotatable bonds is 5. The number of hydrogen-bond donors (Lipinski definition) is 0. The van der Waals surface area contributed by atoms with E-state index in [4.69, 9.17) is 9.47 Å². The molecule has 0 unspecified atom stereocenters. The van der Waals surface area contributed by atoms with Crippen LogP contribution < -0.4 is 9.47 Å². The summed E-state index contributed by atoms with van der Waals surface area (Å²) in [6.45, 7) is 5.34. The number of fused-ring (bicyclic) bond motifs is 1. The molecule has 0 aliphatic rings. The molecule has 4 aromatic rings. The molecule has 0 aliphatic carbocycles. The summed E-state index contributed by atoms with van der Waals surface area (Å²) in [5.41, 5.74) is 4.33. The van der Waals surface area contributed by atoms with E-state index in [0.29, 0.717) is 13.2 Å². The molecule has 0 spiro atoms. The van der Waals surface area contributed by atoms with E-state index in [1.165, 1.54) is 11.1 Å². The zero-order valence-corrected chi connectivity index (χ0v) is 17.3. The molecule has 0 amide bonds. The molecule has 2 nitrogen and oxygen atoms in total. The van der Waals surface area contributed by atoms with Gasteiger partial charge in [-0.15, -0.1) is 0 Å². The zero-order chi connectivity index (χ0) is 20.8. The Morgan fingerprint density at radius 3 is 1.73 bits per heavy atom. The summed E-state index contributed by atoms with van der Waals surface area (Å²) in [5.74, 6) is 8.34. The predicted molar refractivity (Wildman–Crippen MR) is 124 cm³/mol. The van der Waals surface area contributed by atoms with E-state index in [2.05, 4.69) is 78.6 Å². The minimum atomic E-state index is 0.673. The van der Waals surface area contributed by atoms with Crippen LogP contribution in [-0.2, 0) is 0 Å². The predicted octanol–water partition coefficient (Wildman–Crippen LogP) is 6.70. The van der Waals surface area contributed by atoms with Crippen molar-refractivity contribution >= 4 is 10.8 Å². The standard InChI is InChI=1S/C28H24O2/c1-3-29-27-16-13-24(14-17-27)23-10-7-21(8-11-23)5-6-22-9-12-26-20-28(30-4-2)18-15-25(26)19-22/h7-20H,3-4H2,1-2H3. The molecule has 30 heavy (non-hydrogen) atoms. The maximum atomic E-state index is 5.57. The van der Waals surface area contributed by atoms with Crippen molar-refractivity contribution in [1.29, 1.82) is 0 Å². The molecule has 0 aromatic heterocycles. The zero-order valence-electron chi connectivity index (χ0n) is 17.3. The van der Waals surface area contributed by atoms with Crippen LogP contribution in [0.15, 0.2) is 84.9 Å². The minimum Gasteiger partial charge on any atom is -0.494 e. The molecule has 0 heterocycles. The first kappa shape index (κ1) is 19.6. The molecular formula is C28H24O2. The van der Waals surface area contributed by atoms with Gasteiger partial charge in [0.25, 0.3) is 0 Å². The van der Waals surface area contributed by atoms with Crippen LogP contribution in [-0.4, -0.2) is 13.2 Å².